The number of aliphatic hydroxyl groups is 1. The van der Waals surface area contributed by atoms with Gasteiger partial charge in [0.05, 0.1) is 6.61 Å². The summed E-state index contributed by atoms with van der Waals surface area (Å²) in [5.74, 6) is 0.910. The lowest BCUT2D eigenvalue weighted by atomic mass is 9.89. The summed E-state index contributed by atoms with van der Waals surface area (Å²) in [4.78, 5) is 20.4. The van der Waals surface area contributed by atoms with E-state index < -0.39 is 11.6 Å². The van der Waals surface area contributed by atoms with Crippen LogP contribution in [0.2, 0.25) is 0 Å². The molecule has 0 aromatic heterocycles. The zero-order chi connectivity index (χ0) is 25.8. The van der Waals surface area contributed by atoms with Crippen LogP contribution in [0.25, 0.3) is 6.08 Å². The minimum absolute atomic E-state index is 0.0913. The van der Waals surface area contributed by atoms with Crippen molar-refractivity contribution in [2.75, 3.05) is 40.4 Å². The Morgan fingerprint density at radius 1 is 1.17 bits per heavy atom. The number of hydrazine groups is 1. The average molecular weight is 495 g/mol. The lowest BCUT2D eigenvalue weighted by molar-refractivity contribution is -0.129. The maximum Gasteiger partial charge on any atom is 0.266 e. The number of nitrogens with one attached hydrogen (secondary N) is 2. The van der Waals surface area contributed by atoms with Crippen LogP contribution < -0.4 is 15.6 Å². The van der Waals surface area contributed by atoms with Crippen molar-refractivity contribution in [2.24, 2.45) is 4.99 Å². The van der Waals surface area contributed by atoms with Crippen molar-refractivity contribution >= 4 is 17.9 Å². The van der Waals surface area contributed by atoms with Crippen molar-refractivity contribution < 1.29 is 19.4 Å². The summed E-state index contributed by atoms with van der Waals surface area (Å²) >= 11 is 0. The van der Waals surface area contributed by atoms with Gasteiger partial charge in [-0.2, -0.15) is 0 Å². The molecule has 0 bridgehead atoms. The van der Waals surface area contributed by atoms with Gasteiger partial charge < -0.3 is 19.5 Å². The van der Waals surface area contributed by atoms with Crippen molar-refractivity contribution in [3.05, 3.63) is 71.8 Å². The van der Waals surface area contributed by atoms with Crippen molar-refractivity contribution in [3.63, 3.8) is 0 Å². The fourth-order valence-electron chi connectivity index (χ4n) is 3.86. The van der Waals surface area contributed by atoms with Gasteiger partial charge in [0.1, 0.15) is 11.9 Å². The molecule has 8 heteroatoms. The second-order valence-corrected chi connectivity index (χ2v) is 9.11. The number of nitrogens with zero attached hydrogens (tertiary/aromatic N) is 2. The Labute approximate surface area is 214 Å². The number of aliphatic hydroxyl groups excluding tert-OH is 1. The van der Waals surface area contributed by atoms with Crippen LogP contribution in [0.5, 0.6) is 5.75 Å². The molecule has 0 spiro atoms. The zero-order valence-corrected chi connectivity index (χ0v) is 21.4. The van der Waals surface area contributed by atoms with Crippen LogP contribution in [0.3, 0.4) is 0 Å². The van der Waals surface area contributed by atoms with E-state index in [1.807, 2.05) is 87.8 Å². The summed E-state index contributed by atoms with van der Waals surface area (Å²) in [6.45, 7) is 4.00. The highest BCUT2D eigenvalue weighted by Gasteiger charge is 2.49. The van der Waals surface area contributed by atoms with Gasteiger partial charge in [0, 0.05) is 31.6 Å². The fraction of sp³-hybridized carbons (Fsp3) is 0.429. The molecule has 0 aliphatic carbocycles. The third-order valence-corrected chi connectivity index (χ3v) is 5.98. The van der Waals surface area contributed by atoms with Crippen molar-refractivity contribution in [3.8, 4) is 5.75 Å². The molecular weight excluding hydrogens is 456 g/mol. The van der Waals surface area contributed by atoms with Crippen LogP contribution >= 0.6 is 0 Å². The molecule has 8 nitrogen and oxygen atoms in total. The van der Waals surface area contributed by atoms with Crippen LogP contribution in [-0.2, 0) is 9.53 Å². The molecule has 0 radical (unpaired) electrons. The van der Waals surface area contributed by atoms with Gasteiger partial charge in [-0.15, -0.1) is 0 Å². The quantitative estimate of drug-likeness (QED) is 0.276. The van der Waals surface area contributed by atoms with Crippen LogP contribution in [-0.4, -0.2) is 73.9 Å². The Hall–Kier alpha value is -3.20. The van der Waals surface area contributed by atoms with Crippen LogP contribution in [0.1, 0.15) is 37.3 Å². The molecule has 36 heavy (non-hydrogen) atoms. The Bertz CT molecular complexity index is 1010. The summed E-state index contributed by atoms with van der Waals surface area (Å²) in [6.07, 6.45) is 5.38. The predicted molar refractivity (Wildman–Crippen MR) is 143 cm³/mol. The molecule has 0 fully saturated rings. The van der Waals surface area contributed by atoms with Gasteiger partial charge in [-0.05, 0) is 63.8 Å². The first-order chi connectivity index (χ1) is 17.4. The van der Waals surface area contributed by atoms with Gasteiger partial charge in [-0.25, -0.2) is 10.4 Å². The number of hydrogen-bond acceptors (Lipinski definition) is 7. The molecule has 194 valence electrons. The smallest absolute Gasteiger partial charge is 0.266 e. The van der Waals surface area contributed by atoms with Crippen molar-refractivity contribution in [1.82, 2.24) is 15.8 Å². The zero-order valence-electron chi connectivity index (χ0n) is 21.4. The standard InChI is InChI=1S/C28H38N4O4/c1-22-28(17-7-12-23-10-5-4-6-11-23,27(34)31-29-18-8-19-32(2)3)30-26(36-22)24-13-15-25(16-14-24)35-21-9-20-33/h4-7,10-16,22,29,33H,8-9,17-21H2,1-3H3,(H,31,34)/b12-7+/t22-,28-/m0/s1. The largest absolute Gasteiger partial charge is 0.494 e. The molecule has 0 unspecified atom stereocenters. The van der Waals surface area contributed by atoms with Crippen LogP contribution in [0.15, 0.2) is 65.7 Å². The maximum absolute atomic E-state index is 13.4. The highest BCUT2D eigenvalue weighted by atomic mass is 16.5. The van der Waals surface area contributed by atoms with Gasteiger partial charge in [-0.3, -0.25) is 10.2 Å². The van der Waals surface area contributed by atoms with E-state index in [9.17, 15) is 4.79 Å². The first-order valence-corrected chi connectivity index (χ1v) is 12.4. The predicted octanol–water partition coefficient (Wildman–Crippen LogP) is 3.03. The monoisotopic (exact) mass is 494 g/mol. The molecule has 2 aromatic carbocycles. The van der Waals surface area contributed by atoms with Crippen LogP contribution in [0, 0.1) is 0 Å². The van der Waals surface area contributed by atoms with E-state index in [0.717, 1.165) is 24.1 Å². The topological polar surface area (TPSA) is 95.4 Å². The number of aliphatic imine (C=N–C) groups is 1. The molecule has 1 heterocycles. The second kappa shape index (κ2) is 13.8. The van der Waals surface area contributed by atoms with Crippen molar-refractivity contribution in [1.29, 1.82) is 0 Å². The van der Waals surface area contributed by atoms with Gasteiger partial charge in [0.2, 0.25) is 5.90 Å². The van der Waals surface area contributed by atoms with Crippen molar-refractivity contribution in [2.45, 2.75) is 37.8 Å². The average Bonchev–Trinajstić information content (AvgIpc) is 3.22. The number of hydrogen-bond donors (Lipinski definition) is 3. The van der Waals surface area contributed by atoms with E-state index in [4.69, 9.17) is 19.6 Å². The number of rotatable bonds is 14. The first-order valence-electron chi connectivity index (χ1n) is 12.4. The third kappa shape index (κ3) is 7.65. The number of carbonyl (C=O) groups is 1. The summed E-state index contributed by atoms with van der Waals surface area (Å²) in [7, 11) is 4.04. The second-order valence-electron chi connectivity index (χ2n) is 9.11. The van der Waals surface area contributed by atoms with E-state index in [1.165, 1.54) is 0 Å². The van der Waals surface area contributed by atoms with E-state index in [0.29, 0.717) is 37.6 Å². The minimum Gasteiger partial charge on any atom is -0.494 e. The molecule has 0 saturated heterocycles. The Kier molecular flexibility index (Phi) is 10.5. The lowest BCUT2D eigenvalue weighted by Crippen LogP contribution is -2.54. The molecule has 0 saturated carbocycles. The fourth-order valence-corrected chi connectivity index (χ4v) is 3.86. The minimum atomic E-state index is -1.11. The highest BCUT2D eigenvalue weighted by molar-refractivity contribution is 6.00. The number of ether oxygens (including phenoxy) is 2. The van der Waals surface area contributed by atoms with Gasteiger partial charge in [0.25, 0.3) is 5.91 Å². The van der Waals surface area contributed by atoms with Gasteiger partial charge in [0.15, 0.2) is 5.54 Å². The van der Waals surface area contributed by atoms with E-state index in [-0.39, 0.29) is 12.5 Å². The maximum atomic E-state index is 13.4. The molecule has 1 aliphatic rings. The summed E-state index contributed by atoms with van der Waals surface area (Å²) in [6, 6.07) is 17.4. The molecule has 3 N–H and O–H groups in total. The summed E-state index contributed by atoms with van der Waals surface area (Å²) in [5.41, 5.74) is 6.63. The van der Waals surface area contributed by atoms with E-state index in [1.54, 1.807) is 0 Å². The molecule has 2 aromatic rings. The Balaban J connectivity index is 1.76. The SMILES string of the molecule is C[C@@H]1OC(c2ccc(OCCCO)cc2)=N[C@]1(C/C=C/c1ccccc1)C(=O)NNCCCN(C)C. The third-order valence-electron chi connectivity index (χ3n) is 5.98. The summed E-state index contributed by atoms with van der Waals surface area (Å²) < 4.78 is 11.7. The summed E-state index contributed by atoms with van der Waals surface area (Å²) in [5, 5.41) is 8.92. The number of amides is 1. The molecule has 1 aliphatic heterocycles. The molecule has 3 rings (SSSR count). The molecular formula is C28H38N4O4. The number of carbonyl (C=O) groups excluding carboxylic acids is 1. The van der Waals surface area contributed by atoms with Crippen LogP contribution in [0.4, 0.5) is 0 Å². The normalized spacial score (nSPS) is 19.4. The molecule has 1 amide bonds. The Morgan fingerprint density at radius 3 is 2.61 bits per heavy atom. The van der Waals surface area contributed by atoms with Gasteiger partial charge >= 0.3 is 0 Å². The van der Waals surface area contributed by atoms with E-state index in [2.05, 4.69) is 15.8 Å². The lowest BCUT2D eigenvalue weighted by Gasteiger charge is -2.27. The Morgan fingerprint density at radius 2 is 1.92 bits per heavy atom. The highest BCUT2D eigenvalue weighted by Crippen LogP contribution is 2.33. The van der Waals surface area contributed by atoms with E-state index >= 15 is 0 Å². The molecule has 2 atom stereocenters. The van der Waals surface area contributed by atoms with Gasteiger partial charge in [-0.1, -0.05) is 42.5 Å². The first kappa shape index (κ1) is 27.4. The number of benzene rings is 2.